The summed E-state index contributed by atoms with van der Waals surface area (Å²) in [5.41, 5.74) is 1.37. The highest BCUT2D eigenvalue weighted by Gasteiger charge is 2.51. The molecule has 5 rings (SSSR count). The molecule has 2 aromatic heterocycles. The van der Waals surface area contributed by atoms with Crippen LogP contribution in [0.1, 0.15) is 42.6 Å². The van der Waals surface area contributed by atoms with Gasteiger partial charge in [-0.3, -0.25) is 4.98 Å². The smallest absolute Gasteiger partial charge is 0.206 e. The fourth-order valence-corrected chi connectivity index (χ4v) is 5.05. The number of benzene rings is 1. The van der Waals surface area contributed by atoms with Gasteiger partial charge >= 0.3 is 0 Å². The predicted molar refractivity (Wildman–Crippen MR) is 102 cm³/mol. The highest BCUT2D eigenvalue weighted by atomic mass is 16.3. The first-order chi connectivity index (χ1) is 13.7. The highest BCUT2D eigenvalue weighted by Crippen LogP contribution is 2.38. The molecule has 0 amide bonds. The minimum atomic E-state index is -0.764. The van der Waals surface area contributed by atoms with Crippen molar-refractivity contribution in [2.24, 2.45) is 0 Å². The van der Waals surface area contributed by atoms with Crippen molar-refractivity contribution < 1.29 is 10.0 Å². The van der Waals surface area contributed by atoms with Crippen LogP contribution < -0.4 is 4.90 Å². The van der Waals surface area contributed by atoms with E-state index in [0.29, 0.717) is 18.6 Å². The molecule has 1 aromatic carbocycles. The number of nitrogens with one attached hydrogen (secondary N) is 1. The van der Waals surface area contributed by atoms with E-state index < -0.39 is 5.60 Å². The van der Waals surface area contributed by atoms with Crippen LogP contribution in [0.2, 0.25) is 0 Å². The second-order valence-corrected chi connectivity index (χ2v) is 8.14. The van der Waals surface area contributed by atoms with Gasteiger partial charge in [-0.1, -0.05) is 36.4 Å². The maximum atomic E-state index is 11.3. The Bertz CT molecular complexity index is 914. The number of rotatable bonds is 5. The molecule has 2 saturated heterocycles. The lowest BCUT2D eigenvalue weighted by molar-refractivity contribution is -0.958. The first-order valence-corrected chi connectivity index (χ1v) is 9.99. The summed E-state index contributed by atoms with van der Waals surface area (Å²) in [6.07, 6.45) is 7.39. The molecule has 0 saturated carbocycles. The lowest BCUT2D eigenvalue weighted by atomic mass is 9.81. The second kappa shape index (κ2) is 7.07. The summed E-state index contributed by atoms with van der Waals surface area (Å²) in [5, 5.41) is 23.8. The molecule has 7 heteroatoms. The van der Waals surface area contributed by atoms with E-state index in [9.17, 15) is 5.11 Å². The Labute approximate surface area is 164 Å². The van der Waals surface area contributed by atoms with Gasteiger partial charge in [0.05, 0.1) is 18.6 Å². The van der Waals surface area contributed by atoms with Crippen LogP contribution in [0, 0.1) is 0 Å². The van der Waals surface area contributed by atoms with E-state index in [2.05, 4.69) is 32.6 Å². The number of pyridine rings is 1. The largest absolute Gasteiger partial charge is 0.385 e. The molecule has 144 valence electrons. The summed E-state index contributed by atoms with van der Waals surface area (Å²) in [7, 11) is 0. The van der Waals surface area contributed by atoms with E-state index in [-0.39, 0.29) is 0 Å². The van der Waals surface area contributed by atoms with Gasteiger partial charge in [0, 0.05) is 43.6 Å². The number of hydrogen-bond acceptors (Lipinski definition) is 5. The lowest BCUT2D eigenvalue weighted by Crippen LogP contribution is -3.17. The van der Waals surface area contributed by atoms with Gasteiger partial charge in [0.2, 0.25) is 5.82 Å². The monoisotopic (exact) mass is 377 g/mol. The average molecular weight is 377 g/mol. The Kier molecular flexibility index (Phi) is 4.41. The summed E-state index contributed by atoms with van der Waals surface area (Å²) < 4.78 is 1.91. The number of aromatic nitrogens is 5. The molecule has 2 fully saturated rings. The van der Waals surface area contributed by atoms with Gasteiger partial charge in [0.15, 0.2) is 0 Å². The molecule has 2 bridgehead atoms. The molecule has 4 heterocycles. The summed E-state index contributed by atoms with van der Waals surface area (Å²) in [6.45, 7) is 1.49. The van der Waals surface area contributed by atoms with Crippen LogP contribution in [-0.4, -0.2) is 42.4 Å². The van der Waals surface area contributed by atoms with Gasteiger partial charge in [0.1, 0.15) is 12.1 Å². The zero-order valence-electron chi connectivity index (χ0n) is 15.8. The maximum Gasteiger partial charge on any atom is 0.206 e. The van der Waals surface area contributed by atoms with E-state index >= 15 is 0 Å². The summed E-state index contributed by atoms with van der Waals surface area (Å²) >= 11 is 0. The molecular formula is C21H25N6O+. The van der Waals surface area contributed by atoms with Crippen LogP contribution in [0.3, 0.4) is 0 Å². The third-order valence-electron chi connectivity index (χ3n) is 6.42. The van der Waals surface area contributed by atoms with Crippen LogP contribution >= 0.6 is 0 Å². The van der Waals surface area contributed by atoms with Crippen molar-refractivity contribution in [3.05, 3.63) is 71.8 Å². The Morgan fingerprint density at radius 1 is 1.07 bits per heavy atom. The van der Waals surface area contributed by atoms with Crippen LogP contribution in [-0.2, 0) is 18.7 Å². The van der Waals surface area contributed by atoms with E-state index in [0.717, 1.165) is 43.6 Å². The summed E-state index contributed by atoms with van der Waals surface area (Å²) in [6, 6.07) is 15.0. The quantitative estimate of drug-likeness (QED) is 0.685. The Balaban J connectivity index is 1.33. The SMILES string of the molecule is OC1(c2cccnc2)C[C@H]2CC[C@@H](C1)[NH+]2Cc1nnnn1Cc1ccccc1. The van der Waals surface area contributed by atoms with Crippen LogP contribution in [0.15, 0.2) is 54.9 Å². The molecule has 28 heavy (non-hydrogen) atoms. The molecule has 2 unspecified atom stereocenters. The minimum absolute atomic E-state index is 0.422. The van der Waals surface area contributed by atoms with Crippen molar-refractivity contribution >= 4 is 0 Å². The highest BCUT2D eigenvalue weighted by molar-refractivity contribution is 5.20. The molecule has 0 aliphatic carbocycles. The van der Waals surface area contributed by atoms with Crippen molar-refractivity contribution in [3.63, 3.8) is 0 Å². The Morgan fingerprint density at radius 3 is 2.57 bits per heavy atom. The van der Waals surface area contributed by atoms with Gasteiger partial charge in [-0.2, -0.15) is 0 Å². The first kappa shape index (κ1) is 17.5. The van der Waals surface area contributed by atoms with E-state index in [1.807, 2.05) is 41.2 Å². The normalized spacial score (nSPS) is 29.1. The zero-order chi connectivity index (χ0) is 19.0. The van der Waals surface area contributed by atoms with E-state index in [1.165, 1.54) is 10.5 Å². The molecule has 4 atom stereocenters. The van der Waals surface area contributed by atoms with E-state index in [4.69, 9.17) is 0 Å². The zero-order valence-corrected chi connectivity index (χ0v) is 15.8. The molecule has 0 radical (unpaired) electrons. The molecule has 2 aliphatic rings. The average Bonchev–Trinajstić information content (AvgIpc) is 3.26. The van der Waals surface area contributed by atoms with Crippen molar-refractivity contribution in [1.82, 2.24) is 25.2 Å². The van der Waals surface area contributed by atoms with Crippen molar-refractivity contribution in [3.8, 4) is 0 Å². The van der Waals surface area contributed by atoms with Crippen LogP contribution in [0.5, 0.6) is 0 Å². The van der Waals surface area contributed by atoms with Gasteiger partial charge in [-0.15, -0.1) is 5.10 Å². The number of piperidine rings is 1. The standard InChI is InChI=1S/C21H24N6O/c28-21(17-7-4-10-22-13-17)11-18-8-9-19(12-21)26(18)15-20-23-24-25-27(20)14-16-5-2-1-3-6-16/h1-7,10,13,18-19,28H,8-9,11-12,14-15H2/p+1/t18-,19+,21?. The summed E-state index contributed by atoms with van der Waals surface area (Å²) in [5.74, 6) is 0.919. The second-order valence-electron chi connectivity index (χ2n) is 8.14. The maximum absolute atomic E-state index is 11.3. The number of fused-ring (bicyclic) bond motifs is 2. The lowest BCUT2D eigenvalue weighted by Gasteiger charge is -2.41. The number of tetrazole rings is 1. The van der Waals surface area contributed by atoms with Gasteiger partial charge in [-0.05, 0) is 22.1 Å². The predicted octanol–water partition coefficient (Wildman–Crippen LogP) is 0.714. The Hall–Kier alpha value is -2.64. The van der Waals surface area contributed by atoms with E-state index in [1.54, 1.807) is 6.20 Å². The third kappa shape index (κ3) is 3.21. The molecule has 3 aromatic rings. The number of nitrogens with zero attached hydrogens (tertiary/aromatic N) is 5. The van der Waals surface area contributed by atoms with Gasteiger partial charge in [-0.25, -0.2) is 4.68 Å². The minimum Gasteiger partial charge on any atom is -0.385 e. The topological polar surface area (TPSA) is 81.2 Å². The summed E-state index contributed by atoms with van der Waals surface area (Å²) in [4.78, 5) is 5.72. The molecule has 7 nitrogen and oxygen atoms in total. The molecule has 0 spiro atoms. The fraction of sp³-hybridized carbons (Fsp3) is 0.429. The molecule has 2 N–H and O–H groups in total. The first-order valence-electron chi connectivity index (χ1n) is 9.99. The Morgan fingerprint density at radius 2 is 1.86 bits per heavy atom. The van der Waals surface area contributed by atoms with Gasteiger partial charge in [0.25, 0.3) is 0 Å². The van der Waals surface area contributed by atoms with Crippen molar-refractivity contribution in [2.75, 3.05) is 0 Å². The van der Waals surface area contributed by atoms with Crippen molar-refractivity contribution in [1.29, 1.82) is 0 Å². The van der Waals surface area contributed by atoms with Gasteiger partial charge < -0.3 is 10.0 Å². The number of hydrogen-bond donors (Lipinski definition) is 2. The fourth-order valence-electron chi connectivity index (χ4n) is 5.05. The van der Waals surface area contributed by atoms with Crippen LogP contribution in [0.4, 0.5) is 0 Å². The molecule has 2 aliphatic heterocycles. The number of quaternary nitrogens is 1. The third-order valence-corrected chi connectivity index (χ3v) is 6.42. The van der Waals surface area contributed by atoms with Crippen LogP contribution in [0.25, 0.3) is 0 Å². The molecular weight excluding hydrogens is 352 g/mol. The van der Waals surface area contributed by atoms with Crippen molar-refractivity contribution in [2.45, 2.75) is 56.5 Å². The number of aliphatic hydroxyl groups is 1.